The van der Waals surface area contributed by atoms with Crippen LogP contribution in [0.1, 0.15) is 40.0 Å². The van der Waals surface area contributed by atoms with Gasteiger partial charge in [0.2, 0.25) is 0 Å². The maximum Gasteiger partial charge on any atom is 0.339 e. The van der Waals surface area contributed by atoms with E-state index in [9.17, 15) is 14.7 Å². The Morgan fingerprint density at radius 3 is 2.26 bits per heavy atom. The second-order valence-electron chi connectivity index (χ2n) is 10.3. The molecule has 0 atom stereocenters. The first kappa shape index (κ1) is 26.0. The lowest BCUT2D eigenvalue weighted by molar-refractivity contribution is -0.121. The standard InChI is InChI=1S/C35H26N2O4S/c38-24-18-16-22(17-19-24)20-23-8-7-10-26-33(25-9-1-2-11-27(25)36-34(23)26)35(40)41-21-32(39)37-28-12-3-5-14-30(28)42-31-15-6-4-13-29(31)37/h1-6,9,11-20,38H,7-8,10,21H2/b23-20-. The molecule has 0 bridgehead atoms. The van der Waals surface area contributed by atoms with Crippen LogP contribution in [0.3, 0.4) is 0 Å². The summed E-state index contributed by atoms with van der Waals surface area (Å²) in [6.45, 7) is -0.395. The van der Waals surface area contributed by atoms with Crippen molar-refractivity contribution >= 4 is 57.6 Å². The van der Waals surface area contributed by atoms with E-state index in [0.29, 0.717) is 22.9 Å². The van der Waals surface area contributed by atoms with E-state index in [0.717, 1.165) is 56.4 Å². The molecule has 2 aliphatic rings. The van der Waals surface area contributed by atoms with Crippen molar-refractivity contribution in [3.8, 4) is 5.75 Å². The highest BCUT2D eigenvalue weighted by atomic mass is 32.2. The molecule has 0 spiro atoms. The minimum Gasteiger partial charge on any atom is -0.508 e. The summed E-state index contributed by atoms with van der Waals surface area (Å²) in [5.41, 5.74) is 6.31. The van der Waals surface area contributed by atoms with Crippen molar-refractivity contribution in [3.05, 3.63) is 119 Å². The number of aromatic hydroxyl groups is 1. The molecule has 0 radical (unpaired) electrons. The summed E-state index contributed by atoms with van der Waals surface area (Å²) in [4.78, 5) is 36.1. The topological polar surface area (TPSA) is 79.7 Å². The fourth-order valence-corrected chi connectivity index (χ4v) is 6.78. The number of hydrogen-bond acceptors (Lipinski definition) is 6. The lowest BCUT2D eigenvalue weighted by atomic mass is 9.86. The van der Waals surface area contributed by atoms with E-state index >= 15 is 0 Å². The molecular weight excluding hydrogens is 544 g/mol. The maximum absolute atomic E-state index is 13.8. The zero-order valence-corrected chi connectivity index (χ0v) is 23.4. The van der Waals surface area contributed by atoms with Gasteiger partial charge in [-0.2, -0.15) is 0 Å². The van der Waals surface area contributed by atoms with Gasteiger partial charge in [0.05, 0.1) is 28.1 Å². The van der Waals surface area contributed by atoms with Crippen LogP contribution in [0.15, 0.2) is 107 Å². The number of aromatic nitrogens is 1. The van der Waals surface area contributed by atoms with Crippen LogP contribution in [0, 0.1) is 0 Å². The van der Waals surface area contributed by atoms with Crippen LogP contribution in [0.25, 0.3) is 22.6 Å². The van der Waals surface area contributed by atoms with Crippen molar-refractivity contribution in [1.82, 2.24) is 4.98 Å². The van der Waals surface area contributed by atoms with Crippen LogP contribution in [-0.4, -0.2) is 28.6 Å². The molecule has 7 heteroatoms. The third-order valence-electron chi connectivity index (χ3n) is 7.62. The Kier molecular flexibility index (Phi) is 6.72. The fraction of sp³-hybridized carbons (Fsp3) is 0.114. The van der Waals surface area contributed by atoms with Gasteiger partial charge < -0.3 is 9.84 Å². The van der Waals surface area contributed by atoms with Crippen molar-refractivity contribution < 1.29 is 19.4 Å². The molecule has 0 unspecified atom stereocenters. The Labute approximate surface area is 247 Å². The molecule has 1 aromatic heterocycles. The number of phenols is 1. The van der Waals surface area contributed by atoms with Gasteiger partial charge in [-0.15, -0.1) is 0 Å². The van der Waals surface area contributed by atoms with Crippen LogP contribution in [0.2, 0.25) is 0 Å². The number of hydrogen-bond donors (Lipinski definition) is 1. The van der Waals surface area contributed by atoms with Crippen LogP contribution in [-0.2, 0) is 16.0 Å². The molecule has 5 aromatic rings. The lowest BCUT2D eigenvalue weighted by Gasteiger charge is -2.30. The zero-order chi connectivity index (χ0) is 28.6. The van der Waals surface area contributed by atoms with E-state index in [1.807, 2.05) is 84.9 Å². The number of carbonyl (C=O) groups excluding carboxylic acids is 2. The average molecular weight is 571 g/mol. The van der Waals surface area contributed by atoms with Gasteiger partial charge in [-0.05, 0) is 84.5 Å². The predicted molar refractivity (Wildman–Crippen MR) is 165 cm³/mol. The summed E-state index contributed by atoms with van der Waals surface area (Å²) in [5, 5.41) is 10.4. The van der Waals surface area contributed by atoms with Crippen LogP contribution < -0.4 is 4.90 Å². The number of carbonyl (C=O) groups is 2. The minimum absolute atomic E-state index is 0.208. The third kappa shape index (κ3) is 4.72. The van der Waals surface area contributed by atoms with Gasteiger partial charge in [0.1, 0.15) is 5.75 Å². The van der Waals surface area contributed by atoms with Crippen molar-refractivity contribution in [1.29, 1.82) is 0 Å². The fourth-order valence-electron chi connectivity index (χ4n) is 5.72. The van der Waals surface area contributed by atoms with Gasteiger partial charge in [-0.25, -0.2) is 9.78 Å². The molecule has 42 heavy (non-hydrogen) atoms. The number of allylic oxidation sites excluding steroid dienone is 1. The number of pyridine rings is 1. The normalized spacial score (nSPS) is 14.7. The smallest absolute Gasteiger partial charge is 0.339 e. The summed E-state index contributed by atoms with van der Waals surface area (Å²) in [6, 6.07) is 30.1. The molecule has 7 rings (SSSR count). The quantitative estimate of drug-likeness (QED) is 0.222. The number of rotatable bonds is 4. The summed E-state index contributed by atoms with van der Waals surface area (Å²) in [5.74, 6) is -0.638. The van der Waals surface area contributed by atoms with Crippen LogP contribution >= 0.6 is 11.8 Å². The first-order chi connectivity index (χ1) is 20.6. The molecule has 0 saturated carbocycles. The minimum atomic E-state index is -0.531. The third-order valence-corrected chi connectivity index (χ3v) is 8.75. The van der Waals surface area contributed by atoms with Gasteiger partial charge in [-0.1, -0.05) is 66.4 Å². The first-order valence-corrected chi connectivity index (χ1v) is 14.7. The molecule has 1 aliphatic carbocycles. The van der Waals surface area contributed by atoms with Crippen LogP contribution in [0.4, 0.5) is 11.4 Å². The Morgan fingerprint density at radius 2 is 1.52 bits per heavy atom. The highest BCUT2D eigenvalue weighted by Crippen LogP contribution is 2.48. The SMILES string of the molecule is O=C(OCC(=O)N1c2ccccc2Sc2ccccc21)c1c2c(nc3ccccc13)/C(=C\c1ccc(O)cc1)CCC2. The van der Waals surface area contributed by atoms with Crippen molar-refractivity contribution in [3.63, 3.8) is 0 Å². The lowest BCUT2D eigenvalue weighted by Crippen LogP contribution is -2.32. The highest BCUT2D eigenvalue weighted by Gasteiger charge is 2.30. The molecule has 1 N–H and O–H groups in total. The summed E-state index contributed by atoms with van der Waals surface area (Å²) >= 11 is 1.62. The number of nitrogens with zero attached hydrogens (tertiary/aromatic N) is 2. The Balaban J connectivity index is 1.23. The van der Waals surface area contributed by atoms with E-state index in [1.54, 1.807) is 28.8 Å². The number of amides is 1. The maximum atomic E-state index is 13.8. The number of benzene rings is 4. The number of para-hydroxylation sites is 3. The summed E-state index contributed by atoms with van der Waals surface area (Å²) < 4.78 is 5.80. The number of anilines is 2. The monoisotopic (exact) mass is 570 g/mol. The number of ether oxygens (including phenoxy) is 1. The number of phenolic OH excluding ortho intramolecular Hbond substituents is 1. The van der Waals surface area contributed by atoms with Crippen molar-refractivity contribution in [2.24, 2.45) is 0 Å². The van der Waals surface area contributed by atoms with E-state index in [4.69, 9.17) is 9.72 Å². The van der Waals surface area contributed by atoms with Gasteiger partial charge >= 0.3 is 5.97 Å². The second-order valence-corrected chi connectivity index (χ2v) is 11.4. The molecule has 2 heterocycles. The van der Waals surface area contributed by atoms with Gasteiger partial charge in [0.15, 0.2) is 6.61 Å². The molecule has 206 valence electrons. The molecule has 6 nitrogen and oxygen atoms in total. The molecule has 1 amide bonds. The Bertz CT molecular complexity index is 1850. The number of esters is 1. The van der Waals surface area contributed by atoms with E-state index < -0.39 is 12.6 Å². The van der Waals surface area contributed by atoms with E-state index in [2.05, 4.69) is 6.08 Å². The largest absolute Gasteiger partial charge is 0.508 e. The molecule has 0 fully saturated rings. The molecule has 1 aliphatic heterocycles. The van der Waals surface area contributed by atoms with E-state index in [1.165, 1.54) is 0 Å². The number of fused-ring (bicyclic) bond motifs is 4. The Morgan fingerprint density at radius 1 is 0.857 bits per heavy atom. The first-order valence-electron chi connectivity index (χ1n) is 13.8. The van der Waals surface area contributed by atoms with Crippen molar-refractivity contribution in [2.75, 3.05) is 11.5 Å². The van der Waals surface area contributed by atoms with Crippen LogP contribution in [0.5, 0.6) is 5.75 Å². The highest BCUT2D eigenvalue weighted by molar-refractivity contribution is 7.99. The average Bonchev–Trinajstić information content (AvgIpc) is 3.02. The van der Waals surface area contributed by atoms with Gasteiger partial charge in [0.25, 0.3) is 5.91 Å². The summed E-state index contributed by atoms with van der Waals surface area (Å²) in [7, 11) is 0. The van der Waals surface area contributed by atoms with Crippen molar-refractivity contribution in [2.45, 2.75) is 29.1 Å². The molecule has 0 saturated heterocycles. The summed E-state index contributed by atoms with van der Waals surface area (Å²) in [6.07, 6.45) is 4.41. The van der Waals surface area contributed by atoms with E-state index in [-0.39, 0.29) is 11.7 Å². The van der Waals surface area contributed by atoms with Gasteiger partial charge in [-0.3, -0.25) is 9.69 Å². The Hall–Kier alpha value is -4.88. The van der Waals surface area contributed by atoms with Gasteiger partial charge in [0, 0.05) is 15.2 Å². The zero-order valence-electron chi connectivity index (χ0n) is 22.6. The molecular formula is C35H26N2O4S. The predicted octanol–water partition coefficient (Wildman–Crippen LogP) is 7.80. The second kappa shape index (κ2) is 10.8. The molecule has 4 aromatic carbocycles.